The quantitative estimate of drug-likeness (QED) is 0.605. The van der Waals surface area contributed by atoms with Crippen LogP contribution in [0.2, 0.25) is 0 Å². The van der Waals surface area contributed by atoms with Gasteiger partial charge in [0.05, 0.1) is 28.0 Å². The predicted molar refractivity (Wildman–Crippen MR) is 123 cm³/mol. The lowest BCUT2D eigenvalue weighted by atomic mass is 10.1. The second-order valence-corrected chi connectivity index (χ2v) is 11.0. The minimum Gasteiger partial charge on any atom is -0.449 e. The van der Waals surface area contributed by atoms with Crippen LogP contribution >= 0.6 is 0 Å². The number of amides is 1. The maximum absolute atomic E-state index is 12.9. The molecule has 1 fully saturated rings. The third kappa shape index (κ3) is 4.80. The summed E-state index contributed by atoms with van der Waals surface area (Å²) in [6, 6.07) is 4.22. The van der Waals surface area contributed by atoms with Gasteiger partial charge < -0.3 is 9.64 Å². The van der Waals surface area contributed by atoms with E-state index >= 15 is 0 Å². The smallest absolute Gasteiger partial charge is 0.338 e. The van der Waals surface area contributed by atoms with Gasteiger partial charge in [0.15, 0.2) is 15.9 Å². The molecule has 0 bridgehead atoms. The van der Waals surface area contributed by atoms with E-state index in [0.717, 1.165) is 31.5 Å². The minimum absolute atomic E-state index is 0.0589. The number of rotatable bonds is 5. The Morgan fingerprint density at radius 2 is 2.06 bits per heavy atom. The van der Waals surface area contributed by atoms with Crippen LogP contribution < -0.4 is 5.56 Å². The largest absolute Gasteiger partial charge is 0.449 e. The third-order valence-electron chi connectivity index (χ3n) is 6.46. The van der Waals surface area contributed by atoms with Crippen LogP contribution in [0.4, 0.5) is 0 Å². The lowest BCUT2D eigenvalue weighted by molar-refractivity contribution is -0.141. The van der Waals surface area contributed by atoms with Gasteiger partial charge >= 0.3 is 5.97 Å². The van der Waals surface area contributed by atoms with Gasteiger partial charge in [0.25, 0.3) is 11.5 Å². The molecule has 9 nitrogen and oxygen atoms in total. The van der Waals surface area contributed by atoms with Crippen molar-refractivity contribution in [3.8, 4) is 0 Å². The Hall–Kier alpha value is -2.75. The zero-order chi connectivity index (χ0) is 23.8. The molecule has 1 aromatic heterocycles. The lowest BCUT2D eigenvalue weighted by Crippen LogP contribution is -2.46. The fourth-order valence-electron chi connectivity index (χ4n) is 4.67. The number of sulfone groups is 1. The highest BCUT2D eigenvalue weighted by Crippen LogP contribution is 2.20. The normalized spacial score (nSPS) is 20.6. The summed E-state index contributed by atoms with van der Waals surface area (Å²) in [6.45, 7) is 4.23. The molecule has 0 aliphatic carbocycles. The summed E-state index contributed by atoms with van der Waals surface area (Å²) >= 11 is 0. The van der Waals surface area contributed by atoms with Crippen LogP contribution in [0.1, 0.15) is 55.7 Å². The number of esters is 1. The number of carbonyl (C=O) groups is 2. The number of aromatic nitrogens is 2. The van der Waals surface area contributed by atoms with Crippen LogP contribution in [0.5, 0.6) is 0 Å². The molecule has 2 aromatic rings. The summed E-state index contributed by atoms with van der Waals surface area (Å²) < 4.78 is 30.7. The topological polar surface area (TPSA) is 116 Å². The SMILES string of the molecule is CCN(C(=O)[C@H](C)OC(=O)c1ccc2c(=O)n3c(nc2c1)CCCCC3)[C@H]1CCS(=O)(=O)C1. The number of nitrogens with zero attached hydrogens (tertiary/aromatic N) is 3. The Morgan fingerprint density at radius 1 is 1.27 bits per heavy atom. The summed E-state index contributed by atoms with van der Waals surface area (Å²) in [5.41, 5.74) is 0.539. The van der Waals surface area contributed by atoms with Crippen molar-refractivity contribution >= 4 is 32.6 Å². The minimum atomic E-state index is -3.15. The van der Waals surface area contributed by atoms with E-state index in [-0.39, 0.29) is 22.6 Å². The average molecular weight is 476 g/mol. The van der Waals surface area contributed by atoms with E-state index in [4.69, 9.17) is 4.74 Å². The number of likely N-dealkylation sites (N-methyl/N-ethyl adjacent to an activating group) is 1. The molecule has 3 heterocycles. The van der Waals surface area contributed by atoms with E-state index < -0.39 is 33.9 Å². The molecule has 0 radical (unpaired) electrons. The van der Waals surface area contributed by atoms with Gasteiger partial charge in [0.1, 0.15) is 5.82 Å². The highest BCUT2D eigenvalue weighted by molar-refractivity contribution is 7.91. The summed E-state index contributed by atoms with van der Waals surface area (Å²) in [7, 11) is -3.15. The molecule has 33 heavy (non-hydrogen) atoms. The van der Waals surface area contributed by atoms with E-state index in [1.807, 2.05) is 0 Å². The van der Waals surface area contributed by atoms with Gasteiger partial charge in [-0.1, -0.05) is 6.42 Å². The van der Waals surface area contributed by atoms with Crippen molar-refractivity contribution in [2.24, 2.45) is 0 Å². The van der Waals surface area contributed by atoms with Crippen LogP contribution in [0.15, 0.2) is 23.0 Å². The van der Waals surface area contributed by atoms with Crippen molar-refractivity contribution in [3.63, 3.8) is 0 Å². The lowest BCUT2D eigenvalue weighted by Gasteiger charge is -2.29. The van der Waals surface area contributed by atoms with Crippen molar-refractivity contribution in [2.45, 2.75) is 64.6 Å². The Balaban J connectivity index is 1.52. The molecule has 2 aliphatic heterocycles. The molecule has 10 heteroatoms. The van der Waals surface area contributed by atoms with Crippen LogP contribution in [-0.4, -0.2) is 64.9 Å². The zero-order valence-electron chi connectivity index (χ0n) is 19.0. The fraction of sp³-hybridized carbons (Fsp3) is 0.565. The van der Waals surface area contributed by atoms with Crippen molar-refractivity contribution in [3.05, 3.63) is 39.9 Å². The monoisotopic (exact) mass is 475 g/mol. The maximum Gasteiger partial charge on any atom is 0.338 e. The molecular formula is C23H29N3O6S. The molecule has 1 aromatic carbocycles. The second kappa shape index (κ2) is 9.24. The number of fused-ring (bicyclic) bond motifs is 2. The molecule has 0 N–H and O–H groups in total. The molecule has 1 saturated heterocycles. The van der Waals surface area contributed by atoms with E-state index in [1.165, 1.54) is 24.0 Å². The van der Waals surface area contributed by atoms with Gasteiger partial charge in [-0.15, -0.1) is 0 Å². The average Bonchev–Trinajstić information content (AvgIpc) is 2.98. The first-order valence-corrected chi connectivity index (χ1v) is 13.3. The number of benzene rings is 1. The molecule has 1 amide bonds. The number of ether oxygens (including phenoxy) is 1. The van der Waals surface area contributed by atoms with Crippen LogP contribution in [0.25, 0.3) is 10.9 Å². The Bertz CT molecular complexity index is 1250. The number of hydrogen-bond donors (Lipinski definition) is 0. The fourth-order valence-corrected chi connectivity index (χ4v) is 6.40. The van der Waals surface area contributed by atoms with E-state index in [0.29, 0.717) is 30.4 Å². The Kier molecular flexibility index (Phi) is 6.56. The van der Waals surface area contributed by atoms with Gasteiger partial charge in [-0.3, -0.25) is 14.2 Å². The molecule has 178 valence electrons. The first-order valence-electron chi connectivity index (χ1n) is 11.5. The van der Waals surface area contributed by atoms with Gasteiger partial charge in [0, 0.05) is 25.6 Å². The predicted octanol–water partition coefficient (Wildman–Crippen LogP) is 1.70. The summed E-state index contributed by atoms with van der Waals surface area (Å²) in [4.78, 5) is 44.6. The standard InChI is InChI=1S/C23H29N3O6S/c1-3-25(17-10-12-33(30,31)14-17)21(27)15(2)32-23(29)16-8-9-18-19(13-16)24-20-7-5-4-6-11-26(20)22(18)28/h8-9,13,15,17H,3-7,10-12,14H2,1-2H3/t15-,17-/m0/s1. The van der Waals surface area contributed by atoms with Crippen LogP contribution in [0, 0.1) is 0 Å². The first kappa shape index (κ1) is 23.4. The summed E-state index contributed by atoms with van der Waals surface area (Å²) in [5, 5.41) is 0.445. The molecule has 4 rings (SSSR count). The molecule has 0 unspecified atom stereocenters. The maximum atomic E-state index is 12.9. The van der Waals surface area contributed by atoms with E-state index in [2.05, 4.69) is 4.98 Å². The third-order valence-corrected chi connectivity index (χ3v) is 8.21. The van der Waals surface area contributed by atoms with E-state index in [1.54, 1.807) is 17.6 Å². The first-order chi connectivity index (χ1) is 15.7. The van der Waals surface area contributed by atoms with Crippen molar-refractivity contribution in [2.75, 3.05) is 18.1 Å². The molecule has 2 aliphatic rings. The molecule has 2 atom stereocenters. The molecule has 0 saturated carbocycles. The zero-order valence-corrected chi connectivity index (χ0v) is 19.8. The molecule has 0 spiro atoms. The Labute approximate surface area is 192 Å². The van der Waals surface area contributed by atoms with Crippen molar-refractivity contribution in [1.82, 2.24) is 14.5 Å². The van der Waals surface area contributed by atoms with Crippen molar-refractivity contribution < 1.29 is 22.7 Å². The summed E-state index contributed by atoms with van der Waals surface area (Å²) in [6.07, 6.45) is 2.99. The number of carbonyl (C=O) groups excluding carboxylic acids is 2. The van der Waals surface area contributed by atoms with Crippen molar-refractivity contribution in [1.29, 1.82) is 0 Å². The highest BCUT2D eigenvalue weighted by Gasteiger charge is 2.36. The highest BCUT2D eigenvalue weighted by atomic mass is 32.2. The number of aryl methyl sites for hydroxylation is 1. The summed E-state index contributed by atoms with van der Waals surface area (Å²) in [5.74, 6) is -0.392. The van der Waals surface area contributed by atoms with Crippen LogP contribution in [0.3, 0.4) is 0 Å². The van der Waals surface area contributed by atoms with Gasteiger partial charge in [-0.05, 0) is 51.3 Å². The van der Waals surface area contributed by atoms with Gasteiger partial charge in [-0.2, -0.15) is 0 Å². The number of hydrogen-bond acceptors (Lipinski definition) is 7. The second-order valence-electron chi connectivity index (χ2n) is 8.76. The van der Waals surface area contributed by atoms with Gasteiger partial charge in [0.2, 0.25) is 0 Å². The van der Waals surface area contributed by atoms with E-state index in [9.17, 15) is 22.8 Å². The van der Waals surface area contributed by atoms with Gasteiger partial charge in [-0.25, -0.2) is 18.2 Å². The molecular weight excluding hydrogens is 446 g/mol. The Morgan fingerprint density at radius 3 is 2.76 bits per heavy atom. The van der Waals surface area contributed by atoms with Crippen LogP contribution in [-0.2, 0) is 32.3 Å².